The van der Waals surface area contributed by atoms with Crippen molar-refractivity contribution in [3.05, 3.63) is 212 Å². The van der Waals surface area contributed by atoms with Crippen molar-refractivity contribution in [2.75, 3.05) is 0 Å². The topological polar surface area (TPSA) is 38.7 Å². The van der Waals surface area contributed by atoms with Crippen LogP contribution in [0, 0.1) is 0 Å². The van der Waals surface area contributed by atoms with Crippen LogP contribution in [0.5, 0.6) is 0 Å². The second-order valence-electron chi connectivity index (χ2n) is 14.7. The summed E-state index contributed by atoms with van der Waals surface area (Å²) in [6, 6.07) is 75.1. The molecule has 0 unspecified atom stereocenters. The van der Waals surface area contributed by atoms with Gasteiger partial charge in [0.05, 0.1) is 0 Å². The fourth-order valence-electron chi connectivity index (χ4n) is 8.30. The molecule has 0 aliphatic carbocycles. The molecule has 0 fully saturated rings. The van der Waals surface area contributed by atoms with Crippen molar-refractivity contribution in [2.24, 2.45) is 0 Å². The molecule has 0 aliphatic heterocycles. The van der Waals surface area contributed by atoms with Crippen LogP contribution in [0.1, 0.15) is 0 Å². The van der Waals surface area contributed by atoms with Crippen LogP contribution in [0.15, 0.2) is 212 Å². The third-order valence-corrected chi connectivity index (χ3v) is 12.4. The van der Waals surface area contributed by atoms with Crippen molar-refractivity contribution in [2.45, 2.75) is 0 Å². The van der Waals surface area contributed by atoms with Gasteiger partial charge in [-0.3, -0.25) is 0 Å². The van der Waals surface area contributed by atoms with Crippen LogP contribution in [0.3, 0.4) is 0 Å². The maximum Gasteiger partial charge on any atom is 0.164 e. The quantitative estimate of drug-likeness (QED) is 0.162. The van der Waals surface area contributed by atoms with Crippen LogP contribution in [0.2, 0.25) is 0 Å². The van der Waals surface area contributed by atoms with Crippen LogP contribution in [0.4, 0.5) is 0 Å². The fourth-order valence-corrected chi connectivity index (χ4v) is 9.56. The lowest BCUT2D eigenvalue weighted by Crippen LogP contribution is -2.01. The van der Waals surface area contributed by atoms with Gasteiger partial charge in [-0.05, 0) is 61.3 Å². The van der Waals surface area contributed by atoms with Gasteiger partial charge < -0.3 is 0 Å². The summed E-state index contributed by atoms with van der Waals surface area (Å²) in [7, 11) is 0. The summed E-state index contributed by atoms with van der Waals surface area (Å²) in [6.45, 7) is 0. The number of fused-ring (bicyclic) bond motifs is 4. The minimum absolute atomic E-state index is 0.636. The maximum absolute atomic E-state index is 5.36. The van der Waals surface area contributed by atoms with E-state index in [1.54, 1.807) is 0 Å². The van der Waals surface area contributed by atoms with Crippen molar-refractivity contribution in [3.8, 4) is 78.7 Å². The fraction of sp³-hybridized carbons (Fsp3) is 0. The molecule has 4 heteroatoms. The summed E-state index contributed by atoms with van der Waals surface area (Å²) in [4.78, 5) is 15.9. The minimum Gasteiger partial charge on any atom is -0.208 e. The lowest BCUT2D eigenvalue weighted by Gasteiger charge is -2.13. The van der Waals surface area contributed by atoms with Gasteiger partial charge in [-0.15, -0.1) is 11.3 Å². The summed E-state index contributed by atoms with van der Waals surface area (Å²) in [5.74, 6) is 1.93. The summed E-state index contributed by atoms with van der Waals surface area (Å²) >= 11 is 1.82. The smallest absolute Gasteiger partial charge is 0.164 e. The molecule has 0 spiro atoms. The summed E-state index contributed by atoms with van der Waals surface area (Å²) in [5, 5.41) is 4.60. The van der Waals surface area contributed by atoms with Gasteiger partial charge in [0, 0.05) is 36.9 Å². The SMILES string of the molecule is c1ccc(-c2ccc(-c3nc(-c4cccc5c(-c6ccccc6)cccc45)nc(-c4cccc5sc6c(-c7ccc(-c8ccccc8)cc7)cccc6c45)n3)cc2)cc1. The summed E-state index contributed by atoms with van der Waals surface area (Å²) < 4.78 is 2.44. The Kier molecular flexibility index (Phi) is 8.68. The molecule has 0 amide bonds. The third kappa shape index (κ3) is 6.37. The van der Waals surface area contributed by atoms with Crippen molar-refractivity contribution in [3.63, 3.8) is 0 Å². The zero-order chi connectivity index (χ0) is 39.1. The second-order valence-corrected chi connectivity index (χ2v) is 15.8. The van der Waals surface area contributed by atoms with Crippen molar-refractivity contribution in [1.29, 1.82) is 0 Å². The van der Waals surface area contributed by atoms with Gasteiger partial charge >= 0.3 is 0 Å². The maximum atomic E-state index is 5.36. The van der Waals surface area contributed by atoms with Crippen LogP contribution in [0.25, 0.3) is 110 Å². The highest BCUT2D eigenvalue weighted by atomic mass is 32.1. The first kappa shape index (κ1) is 34.7. The second kappa shape index (κ2) is 14.8. The third-order valence-electron chi connectivity index (χ3n) is 11.2. The van der Waals surface area contributed by atoms with Gasteiger partial charge in [0.25, 0.3) is 0 Å². The number of hydrogen-bond donors (Lipinski definition) is 0. The Bertz CT molecular complexity index is 3280. The van der Waals surface area contributed by atoms with Gasteiger partial charge in [0.2, 0.25) is 0 Å². The molecular weight excluding hydrogens is 735 g/mol. The predicted octanol–water partition coefficient (Wildman–Crippen LogP) is 15.1. The van der Waals surface area contributed by atoms with Crippen molar-refractivity contribution in [1.82, 2.24) is 15.0 Å². The standard InChI is InChI=1S/C55H35N3S/c1-4-14-36(15-5-1)38-28-32-41(33-29-38)44-21-11-25-48-51-49(26-13-27-50(51)59-52(44)48)55-57-53(42-34-30-39(31-35-42)37-16-6-2-7-17-37)56-54(58-55)47-24-12-22-45-43(20-10-23-46(45)47)40-18-8-3-9-19-40/h1-35H. The minimum atomic E-state index is 0.636. The number of aromatic nitrogens is 3. The van der Waals surface area contributed by atoms with E-state index in [1.807, 2.05) is 17.4 Å². The molecule has 0 atom stereocenters. The summed E-state index contributed by atoms with van der Waals surface area (Å²) in [6.07, 6.45) is 0. The molecule has 0 radical (unpaired) electrons. The largest absolute Gasteiger partial charge is 0.208 e. The monoisotopic (exact) mass is 769 g/mol. The van der Waals surface area contributed by atoms with Crippen molar-refractivity contribution >= 4 is 42.3 Å². The lowest BCUT2D eigenvalue weighted by molar-refractivity contribution is 1.08. The van der Waals surface area contributed by atoms with E-state index in [-0.39, 0.29) is 0 Å². The first-order valence-corrected chi connectivity index (χ1v) is 20.7. The molecule has 2 heterocycles. The Morgan fingerprint density at radius 2 is 0.661 bits per heavy atom. The zero-order valence-electron chi connectivity index (χ0n) is 32.0. The van der Waals surface area contributed by atoms with Gasteiger partial charge in [-0.1, -0.05) is 206 Å². The normalized spacial score (nSPS) is 11.4. The Labute approximate surface area is 346 Å². The Balaban J connectivity index is 1.09. The van der Waals surface area contributed by atoms with Gasteiger partial charge in [-0.25, -0.2) is 15.0 Å². The molecule has 3 nitrogen and oxygen atoms in total. The van der Waals surface area contributed by atoms with E-state index in [9.17, 15) is 0 Å². The first-order valence-electron chi connectivity index (χ1n) is 19.9. The number of benzene rings is 9. The molecule has 0 bridgehead atoms. The van der Waals surface area contributed by atoms with E-state index in [4.69, 9.17) is 15.0 Å². The lowest BCUT2D eigenvalue weighted by atomic mass is 9.95. The van der Waals surface area contributed by atoms with Gasteiger partial charge in [-0.2, -0.15) is 0 Å². The molecule has 276 valence electrons. The van der Waals surface area contributed by atoms with E-state index >= 15 is 0 Å². The van der Waals surface area contributed by atoms with E-state index in [2.05, 4.69) is 206 Å². The van der Waals surface area contributed by atoms with Gasteiger partial charge in [0.1, 0.15) is 0 Å². The van der Waals surface area contributed by atoms with Crippen LogP contribution >= 0.6 is 11.3 Å². The molecule has 9 aromatic carbocycles. The molecule has 0 saturated carbocycles. The Morgan fingerprint density at radius 3 is 1.29 bits per heavy atom. The Hall–Kier alpha value is -7.53. The molecule has 11 aromatic rings. The average Bonchev–Trinajstić information content (AvgIpc) is 3.71. The van der Waals surface area contributed by atoms with E-state index in [1.165, 1.54) is 53.7 Å². The molecule has 11 rings (SSSR count). The predicted molar refractivity (Wildman–Crippen MR) is 248 cm³/mol. The average molecular weight is 770 g/mol. The van der Waals surface area contributed by atoms with E-state index < -0.39 is 0 Å². The molecule has 0 aliphatic rings. The highest BCUT2D eigenvalue weighted by Crippen LogP contribution is 2.44. The number of thiophene rings is 1. The first-order chi connectivity index (χ1) is 29.2. The molecule has 0 saturated heterocycles. The molecule has 59 heavy (non-hydrogen) atoms. The van der Waals surface area contributed by atoms with Crippen molar-refractivity contribution < 1.29 is 0 Å². The van der Waals surface area contributed by atoms with E-state index in [0.717, 1.165) is 38.4 Å². The van der Waals surface area contributed by atoms with Gasteiger partial charge in [0.15, 0.2) is 17.5 Å². The highest BCUT2D eigenvalue weighted by molar-refractivity contribution is 7.26. The molecule has 2 aromatic heterocycles. The number of hydrogen-bond acceptors (Lipinski definition) is 4. The molecule has 0 N–H and O–H groups in total. The zero-order valence-corrected chi connectivity index (χ0v) is 32.8. The number of nitrogens with zero attached hydrogens (tertiary/aromatic N) is 3. The van der Waals surface area contributed by atoms with E-state index in [0.29, 0.717) is 17.5 Å². The van der Waals surface area contributed by atoms with Crippen LogP contribution in [-0.4, -0.2) is 15.0 Å². The Morgan fingerprint density at radius 1 is 0.254 bits per heavy atom. The van der Waals surface area contributed by atoms with Crippen LogP contribution < -0.4 is 0 Å². The summed E-state index contributed by atoms with van der Waals surface area (Å²) in [5.41, 5.74) is 12.4. The van der Waals surface area contributed by atoms with Crippen LogP contribution in [-0.2, 0) is 0 Å². The highest BCUT2D eigenvalue weighted by Gasteiger charge is 2.20. The number of rotatable bonds is 7. The molecular formula is C55H35N3S.